The maximum absolute atomic E-state index is 10.9. The highest BCUT2D eigenvalue weighted by molar-refractivity contribution is 9.10. The lowest BCUT2D eigenvalue weighted by molar-refractivity contribution is -0.385. The maximum Gasteiger partial charge on any atom is 0.276 e. The van der Waals surface area contributed by atoms with Crippen LogP contribution in [-0.4, -0.2) is 17.2 Å². The molecule has 1 aliphatic rings. The Morgan fingerprint density at radius 1 is 1.60 bits per heavy atom. The van der Waals surface area contributed by atoms with Crippen LogP contribution in [0.4, 0.5) is 5.69 Å². The summed E-state index contributed by atoms with van der Waals surface area (Å²) in [6.07, 6.45) is 0. The summed E-state index contributed by atoms with van der Waals surface area (Å²) in [5.41, 5.74) is 0.932. The van der Waals surface area contributed by atoms with E-state index in [1.165, 1.54) is 0 Å². The molecule has 1 heterocycles. The monoisotopic (exact) mass is 288 g/mol. The highest BCUT2D eigenvalue weighted by Crippen LogP contribution is 2.36. The SMILES string of the molecule is O=[N+]([O-])c1cc(Br)ccc1C1NCCS1. The number of nitrogens with one attached hydrogen (secondary N) is 1. The summed E-state index contributed by atoms with van der Waals surface area (Å²) in [4.78, 5) is 10.5. The topological polar surface area (TPSA) is 55.2 Å². The van der Waals surface area contributed by atoms with Crippen LogP contribution >= 0.6 is 27.7 Å². The third kappa shape index (κ3) is 2.32. The summed E-state index contributed by atoms with van der Waals surface area (Å²) >= 11 is 4.94. The number of hydrogen-bond donors (Lipinski definition) is 1. The van der Waals surface area contributed by atoms with Crippen LogP contribution in [0.5, 0.6) is 0 Å². The number of thioether (sulfide) groups is 1. The van der Waals surface area contributed by atoms with Crippen molar-refractivity contribution >= 4 is 33.4 Å². The quantitative estimate of drug-likeness (QED) is 0.672. The zero-order valence-corrected chi connectivity index (χ0v) is 10.2. The van der Waals surface area contributed by atoms with Crippen molar-refractivity contribution in [3.05, 3.63) is 38.3 Å². The number of benzene rings is 1. The van der Waals surface area contributed by atoms with Gasteiger partial charge in [0.05, 0.1) is 15.9 Å². The summed E-state index contributed by atoms with van der Waals surface area (Å²) < 4.78 is 0.737. The van der Waals surface area contributed by atoms with E-state index in [1.807, 2.05) is 6.07 Å². The first-order valence-corrected chi connectivity index (χ1v) is 6.31. The molecule has 0 bridgehead atoms. The minimum Gasteiger partial charge on any atom is -0.301 e. The highest BCUT2D eigenvalue weighted by Gasteiger charge is 2.25. The van der Waals surface area contributed by atoms with Gasteiger partial charge in [0.15, 0.2) is 0 Å². The molecule has 1 N–H and O–H groups in total. The van der Waals surface area contributed by atoms with Crippen molar-refractivity contribution in [3.8, 4) is 0 Å². The van der Waals surface area contributed by atoms with E-state index < -0.39 is 0 Å². The lowest BCUT2D eigenvalue weighted by atomic mass is 10.2. The molecule has 1 aromatic rings. The minimum absolute atomic E-state index is 0.0542. The van der Waals surface area contributed by atoms with Crippen LogP contribution in [-0.2, 0) is 0 Å². The third-order valence-electron chi connectivity index (χ3n) is 2.19. The van der Waals surface area contributed by atoms with Gasteiger partial charge in [-0.2, -0.15) is 0 Å². The summed E-state index contributed by atoms with van der Waals surface area (Å²) in [5, 5.41) is 14.2. The van der Waals surface area contributed by atoms with Crippen molar-refractivity contribution < 1.29 is 4.92 Å². The predicted molar refractivity (Wildman–Crippen MR) is 64.0 cm³/mol. The molecular formula is C9H9BrN2O2S. The molecule has 0 aliphatic carbocycles. The Hall–Kier alpha value is -0.590. The van der Waals surface area contributed by atoms with Crippen LogP contribution in [0.15, 0.2) is 22.7 Å². The Morgan fingerprint density at radius 3 is 3.00 bits per heavy atom. The summed E-state index contributed by atoms with van der Waals surface area (Å²) in [6.45, 7) is 0.905. The summed E-state index contributed by atoms with van der Waals surface area (Å²) in [6, 6.07) is 5.19. The fraction of sp³-hybridized carbons (Fsp3) is 0.333. The van der Waals surface area contributed by atoms with E-state index in [9.17, 15) is 10.1 Å². The van der Waals surface area contributed by atoms with Gasteiger partial charge in [-0.15, -0.1) is 11.8 Å². The molecule has 6 heteroatoms. The smallest absolute Gasteiger partial charge is 0.276 e. The van der Waals surface area contributed by atoms with Gasteiger partial charge in [-0.05, 0) is 12.1 Å². The molecule has 1 atom stereocenters. The lowest BCUT2D eigenvalue weighted by Crippen LogP contribution is -2.13. The molecule has 1 fully saturated rings. The van der Waals surface area contributed by atoms with Gasteiger partial charge in [0.2, 0.25) is 0 Å². The molecule has 1 saturated heterocycles. The number of rotatable bonds is 2. The number of nitrogens with zero attached hydrogens (tertiary/aromatic N) is 1. The molecular weight excluding hydrogens is 280 g/mol. The fourth-order valence-electron chi connectivity index (χ4n) is 1.52. The second-order valence-electron chi connectivity index (χ2n) is 3.17. The van der Waals surface area contributed by atoms with Gasteiger partial charge >= 0.3 is 0 Å². The molecule has 0 aromatic heterocycles. The number of hydrogen-bond acceptors (Lipinski definition) is 4. The van der Waals surface area contributed by atoms with Gasteiger partial charge < -0.3 is 5.32 Å². The van der Waals surface area contributed by atoms with E-state index in [1.54, 1.807) is 23.9 Å². The van der Waals surface area contributed by atoms with E-state index in [4.69, 9.17) is 0 Å². The molecule has 15 heavy (non-hydrogen) atoms. The average Bonchev–Trinajstić information content (AvgIpc) is 2.70. The van der Waals surface area contributed by atoms with Crippen LogP contribution in [0.2, 0.25) is 0 Å². The predicted octanol–water partition coefficient (Wildman–Crippen LogP) is 2.69. The highest BCUT2D eigenvalue weighted by atomic mass is 79.9. The van der Waals surface area contributed by atoms with E-state index >= 15 is 0 Å². The van der Waals surface area contributed by atoms with Crippen LogP contribution < -0.4 is 5.32 Å². The Balaban J connectivity index is 2.40. The van der Waals surface area contributed by atoms with Gasteiger partial charge in [0.1, 0.15) is 0 Å². The number of nitro groups is 1. The number of nitro benzene ring substituents is 1. The van der Waals surface area contributed by atoms with Crippen molar-refractivity contribution in [1.82, 2.24) is 5.32 Å². The molecule has 2 rings (SSSR count). The number of halogens is 1. The van der Waals surface area contributed by atoms with Crippen LogP contribution in [0.1, 0.15) is 10.9 Å². The first kappa shape index (κ1) is 10.9. The van der Waals surface area contributed by atoms with E-state index in [2.05, 4.69) is 21.2 Å². The van der Waals surface area contributed by atoms with Crippen molar-refractivity contribution in [2.45, 2.75) is 5.37 Å². The normalized spacial score (nSPS) is 20.5. The van der Waals surface area contributed by atoms with Gasteiger partial charge in [-0.25, -0.2) is 0 Å². The minimum atomic E-state index is -0.333. The molecule has 0 amide bonds. The van der Waals surface area contributed by atoms with Crippen molar-refractivity contribution in [2.24, 2.45) is 0 Å². The largest absolute Gasteiger partial charge is 0.301 e. The van der Waals surface area contributed by atoms with E-state index in [0.717, 1.165) is 22.3 Å². The Bertz CT molecular complexity index is 394. The zero-order valence-electron chi connectivity index (χ0n) is 7.77. The molecule has 80 valence electrons. The Labute approximate surface area is 99.7 Å². The molecule has 4 nitrogen and oxygen atoms in total. The first-order chi connectivity index (χ1) is 7.18. The van der Waals surface area contributed by atoms with Gasteiger partial charge in [0, 0.05) is 22.8 Å². The molecule has 1 aromatic carbocycles. The van der Waals surface area contributed by atoms with Crippen molar-refractivity contribution in [2.75, 3.05) is 12.3 Å². The Kier molecular flexibility index (Phi) is 3.28. The van der Waals surface area contributed by atoms with Crippen LogP contribution in [0.25, 0.3) is 0 Å². The molecule has 0 saturated carbocycles. The molecule has 1 aliphatic heterocycles. The molecule has 0 spiro atoms. The van der Waals surface area contributed by atoms with Gasteiger partial charge in [-0.3, -0.25) is 10.1 Å². The third-order valence-corrected chi connectivity index (χ3v) is 3.87. The maximum atomic E-state index is 10.9. The van der Waals surface area contributed by atoms with E-state index in [-0.39, 0.29) is 16.0 Å². The zero-order chi connectivity index (χ0) is 10.8. The molecule has 1 unspecified atom stereocenters. The average molecular weight is 289 g/mol. The van der Waals surface area contributed by atoms with Gasteiger partial charge in [-0.1, -0.05) is 15.9 Å². The van der Waals surface area contributed by atoms with Crippen LogP contribution in [0, 0.1) is 10.1 Å². The first-order valence-electron chi connectivity index (χ1n) is 4.47. The van der Waals surface area contributed by atoms with Crippen molar-refractivity contribution in [1.29, 1.82) is 0 Å². The summed E-state index contributed by atoms with van der Waals surface area (Å²) in [7, 11) is 0. The Morgan fingerprint density at radius 2 is 2.40 bits per heavy atom. The summed E-state index contributed by atoms with van der Waals surface area (Å²) in [5.74, 6) is 0.998. The second kappa shape index (κ2) is 4.51. The molecule has 0 radical (unpaired) electrons. The van der Waals surface area contributed by atoms with Crippen molar-refractivity contribution in [3.63, 3.8) is 0 Å². The second-order valence-corrected chi connectivity index (χ2v) is 5.29. The standard InChI is InChI=1S/C9H9BrN2O2S/c10-6-1-2-7(8(5-6)12(13)14)9-11-3-4-15-9/h1-2,5,9,11H,3-4H2. The van der Waals surface area contributed by atoms with Crippen LogP contribution in [0.3, 0.4) is 0 Å². The van der Waals surface area contributed by atoms with E-state index in [0.29, 0.717) is 0 Å². The van der Waals surface area contributed by atoms with Gasteiger partial charge in [0.25, 0.3) is 5.69 Å². The fourth-order valence-corrected chi connectivity index (χ4v) is 2.96. The lowest BCUT2D eigenvalue weighted by Gasteiger charge is -2.10.